The van der Waals surface area contributed by atoms with Gasteiger partial charge in [0.15, 0.2) is 0 Å². The van der Waals surface area contributed by atoms with E-state index in [0.717, 1.165) is 70.6 Å². The van der Waals surface area contributed by atoms with Crippen LogP contribution in [0.2, 0.25) is 0 Å². The number of quaternary nitrogens is 1. The Hall–Kier alpha value is -2.29. The van der Waals surface area contributed by atoms with Crippen molar-refractivity contribution in [1.82, 2.24) is 5.32 Å². The molecule has 0 saturated carbocycles. The summed E-state index contributed by atoms with van der Waals surface area (Å²) in [4.78, 5) is 40.1. The first-order valence-corrected chi connectivity index (χ1v) is 36.6. The van der Waals surface area contributed by atoms with Gasteiger partial charge in [0.1, 0.15) is 19.3 Å². The Balaban J connectivity index is 5.06. The number of unbranched alkanes of at least 4 members (excludes halogenated alkanes) is 41. The van der Waals surface area contributed by atoms with Crippen LogP contribution in [0, 0.1) is 0 Å². The summed E-state index contributed by atoms with van der Waals surface area (Å²) in [7, 11) is 1.18. The summed E-state index contributed by atoms with van der Waals surface area (Å²) in [6.45, 7) is 6.83. The molecule has 9 nitrogen and oxygen atoms in total. The summed E-state index contributed by atoms with van der Waals surface area (Å²) < 4.78 is 30.4. The van der Waals surface area contributed by atoms with Gasteiger partial charge in [0, 0.05) is 12.8 Å². The lowest BCUT2D eigenvalue weighted by atomic mass is 10.0. The summed E-state index contributed by atoms with van der Waals surface area (Å²) >= 11 is 0. The lowest BCUT2D eigenvalue weighted by molar-refractivity contribution is -0.870. The predicted molar refractivity (Wildman–Crippen MR) is 353 cm³/mol. The number of allylic oxidation sites excluding steroid dienone is 9. The van der Waals surface area contributed by atoms with Crippen LogP contribution in [0.4, 0.5) is 0 Å². The zero-order chi connectivity index (χ0) is 60.0. The third-order valence-corrected chi connectivity index (χ3v) is 16.7. The van der Waals surface area contributed by atoms with Crippen LogP contribution in [0.25, 0.3) is 0 Å². The SMILES string of the molecule is CCCCC/C=C\C/C=C\CCCCCCCCCCCCCCCCCCCC(=O)OC(/C=C\CCCCCCCCCCCCC)C(COP(=O)([O-])OCC[N+](C)(C)C)NC(=O)CCCCC/C=C/C=C/CCCCCCCCC. The third-order valence-electron chi connectivity index (χ3n) is 15.7. The van der Waals surface area contributed by atoms with Crippen LogP contribution in [0.15, 0.2) is 60.8 Å². The molecule has 0 fully saturated rings. The van der Waals surface area contributed by atoms with Crippen LogP contribution in [-0.4, -0.2) is 69.4 Å². The van der Waals surface area contributed by atoms with Crippen LogP contribution >= 0.6 is 7.82 Å². The van der Waals surface area contributed by atoms with Gasteiger partial charge in [-0.25, -0.2) is 0 Å². The molecule has 3 unspecified atom stereocenters. The number of rotatable bonds is 64. The molecule has 82 heavy (non-hydrogen) atoms. The highest BCUT2D eigenvalue weighted by molar-refractivity contribution is 7.45. The summed E-state index contributed by atoms with van der Waals surface area (Å²) in [6, 6.07) is -0.902. The van der Waals surface area contributed by atoms with Gasteiger partial charge in [-0.15, -0.1) is 0 Å². The largest absolute Gasteiger partial charge is 0.756 e. The first-order chi connectivity index (χ1) is 39.9. The minimum absolute atomic E-state index is 0.0269. The average molecular weight is 1170 g/mol. The molecular weight excluding hydrogens is 1040 g/mol. The van der Waals surface area contributed by atoms with Crippen molar-refractivity contribution in [3.63, 3.8) is 0 Å². The van der Waals surface area contributed by atoms with E-state index in [1.165, 1.54) is 225 Å². The Kier molecular flexibility index (Phi) is 60.1. The lowest BCUT2D eigenvalue weighted by Gasteiger charge is -2.30. The van der Waals surface area contributed by atoms with Gasteiger partial charge < -0.3 is 28.5 Å². The zero-order valence-corrected chi connectivity index (χ0v) is 55.8. The molecule has 1 amide bonds. The molecule has 0 aromatic heterocycles. The van der Waals surface area contributed by atoms with Crippen LogP contribution in [0.5, 0.6) is 0 Å². The van der Waals surface area contributed by atoms with Gasteiger partial charge in [-0.05, 0) is 89.5 Å². The second kappa shape index (κ2) is 61.8. The highest BCUT2D eigenvalue weighted by atomic mass is 31.2. The van der Waals surface area contributed by atoms with Crippen LogP contribution < -0.4 is 10.2 Å². The summed E-state index contributed by atoms with van der Waals surface area (Å²) in [5.41, 5.74) is 0. The standard InChI is InChI=1S/C72H135N2O7P/c1-7-10-13-16-19-22-25-28-30-32-33-34-35-36-37-38-39-40-41-42-44-47-50-53-56-59-62-65-72(76)81-70(63-60-57-54-51-48-45-27-24-21-18-15-12-9-3)69(68-80-82(77,78)79-67-66-74(4,5)6)73-71(75)64-61-58-55-52-49-46-43-31-29-26-23-20-17-14-11-8-2/h19,22,28,30-31,43,46,49,60,63,69-70H,7-18,20-21,23-27,29,32-42,44-45,47-48,50-59,61-62,64-68H2,1-6H3,(H-,73,75,77,78)/b22-19-,30-28-,43-31+,49-46+,63-60-. The molecule has 1 N–H and O–H groups in total. The molecule has 0 aliphatic rings. The minimum Gasteiger partial charge on any atom is -0.756 e. The number of hydrogen-bond donors (Lipinski definition) is 1. The molecular formula is C72H135N2O7P. The van der Waals surface area contributed by atoms with E-state index in [2.05, 4.69) is 74.7 Å². The smallest absolute Gasteiger partial charge is 0.306 e. The normalized spacial score (nSPS) is 13.9. The van der Waals surface area contributed by atoms with E-state index in [1.54, 1.807) is 0 Å². The number of phosphoric ester groups is 1. The van der Waals surface area contributed by atoms with Gasteiger partial charge in [-0.2, -0.15) is 0 Å². The van der Waals surface area contributed by atoms with Crippen molar-refractivity contribution < 1.29 is 37.3 Å². The van der Waals surface area contributed by atoms with E-state index in [4.69, 9.17) is 13.8 Å². The van der Waals surface area contributed by atoms with E-state index in [1.807, 2.05) is 33.3 Å². The first-order valence-electron chi connectivity index (χ1n) is 35.1. The van der Waals surface area contributed by atoms with Crippen molar-refractivity contribution in [1.29, 1.82) is 0 Å². The van der Waals surface area contributed by atoms with Crippen molar-refractivity contribution in [2.75, 3.05) is 40.9 Å². The number of phosphoric acid groups is 1. The molecule has 0 aromatic carbocycles. The van der Waals surface area contributed by atoms with Crippen molar-refractivity contribution in [2.24, 2.45) is 0 Å². The molecule has 0 bridgehead atoms. The number of ether oxygens (including phenoxy) is 1. The Labute approximate surface area is 509 Å². The van der Waals surface area contributed by atoms with Crippen molar-refractivity contribution in [2.45, 2.75) is 348 Å². The molecule has 0 heterocycles. The Morgan fingerprint density at radius 3 is 1.21 bits per heavy atom. The van der Waals surface area contributed by atoms with Gasteiger partial charge in [-0.1, -0.05) is 294 Å². The van der Waals surface area contributed by atoms with Crippen LogP contribution in [0.3, 0.4) is 0 Å². The zero-order valence-electron chi connectivity index (χ0n) is 54.9. The van der Waals surface area contributed by atoms with Gasteiger partial charge >= 0.3 is 5.97 Å². The predicted octanol–water partition coefficient (Wildman–Crippen LogP) is 21.5. The maximum absolute atomic E-state index is 13.6. The molecule has 0 rings (SSSR count). The number of hydrogen-bond acceptors (Lipinski definition) is 7. The minimum atomic E-state index is -4.71. The monoisotopic (exact) mass is 1170 g/mol. The van der Waals surface area contributed by atoms with Crippen molar-refractivity contribution in [3.8, 4) is 0 Å². The second-order valence-corrected chi connectivity index (χ2v) is 26.5. The second-order valence-electron chi connectivity index (χ2n) is 25.1. The summed E-state index contributed by atoms with van der Waals surface area (Å²) in [6.07, 6.45) is 79.2. The number of carbonyl (C=O) groups excluding carboxylic acids is 2. The average Bonchev–Trinajstić information content (AvgIpc) is 3.45. The van der Waals surface area contributed by atoms with E-state index < -0.39 is 26.6 Å². The fourth-order valence-corrected chi connectivity index (χ4v) is 11.0. The summed E-state index contributed by atoms with van der Waals surface area (Å²) in [5, 5.41) is 3.03. The van der Waals surface area contributed by atoms with Crippen LogP contribution in [0.1, 0.15) is 335 Å². The van der Waals surface area contributed by atoms with E-state index in [9.17, 15) is 19.0 Å². The fraction of sp³-hybridized carbons (Fsp3) is 0.833. The molecule has 0 spiro atoms. The van der Waals surface area contributed by atoms with Crippen molar-refractivity contribution >= 4 is 19.7 Å². The lowest BCUT2D eigenvalue weighted by Crippen LogP contribution is -2.47. The number of likely N-dealkylation sites (N-methyl/N-ethyl adjacent to an activating group) is 1. The number of carbonyl (C=O) groups is 2. The fourth-order valence-electron chi connectivity index (χ4n) is 10.3. The molecule has 0 radical (unpaired) electrons. The van der Waals surface area contributed by atoms with E-state index >= 15 is 0 Å². The third kappa shape index (κ3) is 62.2. The summed E-state index contributed by atoms with van der Waals surface area (Å²) in [5.74, 6) is -0.559. The van der Waals surface area contributed by atoms with Crippen LogP contribution in [-0.2, 0) is 27.9 Å². The molecule has 0 aliphatic heterocycles. The number of amides is 1. The highest BCUT2D eigenvalue weighted by Gasteiger charge is 2.27. The topological polar surface area (TPSA) is 114 Å². The van der Waals surface area contributed by atoms with Crippen molar-refractivity contribution in [3.05, 3.63) is 60.8 Å². The highest BCUT2D eigenvalue weighted by Crippen LogP contribution is 2.38. The maximum Gasteiger partial charge on any atom is 0.306 e. The van der Waals surface area contributed by atoms with Gasteiger partial charge in [0.25, 0.3) is 7.82 Å². The van der Waals surface area contributed by atoms with Gasteiger partial charge in [-0.3, -0.25) is 14.2 Å². The number of nitrogens with zero attached hydrogens (tertiary/aromatic N) is 1. The molecule has 480 valence electrons. The Morgan fingerprint density at radius 2 is 0.780 bits per heavy atom. The first kappa shape index (κ1) is 79.7. The van der Waals surface area contributed by atoms with Gasteiger partial charge in [0.2, 0.25) is 5.91 Å². The number of esters is 1. The van der Waals surface area contributed by atoms with Gasteiger partial charge in [0.05, 0.1) is 33.8 Å². The Bertz CT molecular complexity index is 1590. The maximum atomic E-state index is 13.6. The molecule has 0 aromatic rings. The molecule has 10 heteroatoms. The van der Waals surface area contributed by atoms with E-state index in [-0.39, 0.29) is 31.3 Å². The molecule has 0 saturated heterocycles. The molecule has 3 atom stereocenters. The number of nitrogens with one attached hydrogen (secondary N) is 1. The molecule has 0 aliphatic carbocycles. The Morgan fingerprint density at radius 1 is 0.439 bits per heavy atom. The quantitative estimate of drug-likeness (QED) is 0.0161. The van der Waals surface area contributed by atoms with E-state index in [0.29, 0.717) is 17.4 Å².